The number of hydrogen-bond donors (Lipinski definition) is 1. The van der Waals surface area contributed by atoms with E-state index >= 15 is 0 Å². The van der Waals surface area contributed by atoms with Crippen molar-refractivity contribution in [1.29, 1.82) is 0 Å². The number of halogens is 2. The highest BCUT2D eigenvalue weighted by molar-refractivity contribution is 7.98. The van der Waals surface area contributed by atoms with Crippen LogP contribution in [0.25, 0.3) is 0 Å². The van der Waals surface area contributed by atoms with Crippen molar-refractivity contribution >= 4 is 11.8 Å². The molecule has 0 aliphatic rings. The van der Waals surface area contributed by atoms with E-state index in [0.29, 0.717) is 11.3 Å². The van der Waals surface area contributed by atoms with E-state index in [1.54, 1.807) is 17.8 Å². The van der Waals surface area contributed by atoms with Gasteiger partial charge in [0.15, 0.2) is 11.6 Å². The summed E-state index contributed by atoms with van der Waals surface area (Å²) in [6.45, 7) is 4.16. The normalized spacial score (nSPS) is 12.4. The average Bonchev–Trinajstić information content (AvgIpc) is 2.40. The Kier molecular flexibility index (Phi) is 5.37. The SMILES string of the molecule is Cc1cc(C)cc(CSCC(N)c2ccc(F)c(F)c2)c1. The third-order valence-electron chi connectivity index (χ3n) is 3.22. The fraction of sp³-hybridized carbons (Fsp3) is 0.294. The smallest absolute Gasteiger partial charge is 0.159 e. The summed E-state index contributed by atoms with van der Waals surface area (Å²) in [7, 11) is 0. The molecule has 0 fully saturated rings. The number of hydrogen-bond acceptors (Lipinski definition) is 2. The molecule has 2 aromatic rings. The third kappa shape index (κ3) is 4.55. The third-order valence-corrected chi connectivity index (χ3v) is 4.35. The highest BCUT2D eigenvalue weighted by atomic mass is 32.2. The van der Waals surface area contributed by atoms with Crippen LogP contribution in [0.4, 0.5) is 8.78 Å². The zero-order valence-corrected chi connectivity index (χ0v) is 13.0. The van der Waals surface area contributed by atoms with Crippen molar-refractivity contribution in [3.8, 4) is 0 Å². The summed E-state index contributed by atoms with van der Waals surface area (Å²) >= 11 is 1.70. The maximum absolute atomic E-state index is 13.2. The lowest BCUT2D eigenvalue weighted by Crippen LogP contribution is -2.13. The molecule has 1 unspecified atom stereocenters. The van der Waals surface area contributed by atoms with Crippen molar-refractivity contribution in [2.24, 2.45) is 5.73 Å². The van der Waals surface area contributed by atoms with E-state index in [2.05, 4.69) is 32.0 Å². The van der Waals surface area contributed by atoms with Crippen LogP contribution in [0, 0.1) is 25.5 Å². The Balaban J connectivity index is 1.91. The number of nitrogens with two attached hydrogens (primary N) is 1. The van der Waals surface area contributed by atoms with E-state index in [4.69, 9.17) is 5.73 Å². The Hall–Kier alpha value is -1.39. The lowest BCUT2D eigenvalue weighted by Gasteiger charge is -2.12. The van der Waals surface area contributed by atoms with E-state index in [0.717, 1.165) is 11.8 Å². The van der Waals surface area contributed by atoms with Gasteiger partial charge in [0.2, 0.25) is 0 Å². The van der Waals surface area contributed by atoms with Gasteiger partial charge >= 0.3 is 0 Å². The number of thioether (sulfide) groups is 1. The molecule has 0 spiro atoms. The summed E-state index contributed by atoms with van der Waals surface area (Å²) in [4.78, 5) is 0. The minimum Gasteiger partial charge on any atom is -0.323 e. The van der Waals surface area contributed by atoms with Gasteiger partial charge in [0.05, 0.1) is 0 Å². The van der Waals surface area contributed by atoms with E-state index in [1.807, 2.05) is 0 Å². The topological polar surface area (TPSA) is 26.0 Å². The van der Waals surface area contributed by atoms with Gasteiger partial charge in [0.1, 0.15) is 0 Å². The highest BCUT2D eigenvalue weighted by Gasteiger charge is 2.10. The first-order valence-corrected chi connectivity index (χ1v) is 7.96. The second kappa shape index (κ2) is 7.05. The Morgan fingerprint density at radius 3 is 2.29 bits per heavy atom. The Bertz CT molecular complexity index is 608. The zero-order chi connectivity index (χ0) is 15.4. The Labute approximate surface area is 128 Å². The quantitative estimate of drug-likeness (QED) is 0.879. The van der Waals surface area contributed by atoms with Gasteiger partial charge in [0.25, 0.3) is 0 Å². The van der Waals surface area contributed by atoms with Crippen LogP contribution in [0.3, 0.4) is 0 Å². The molecule has 0 saturated heterocycles. The first kappa shape index (κ1) is 16.0. The molecular weight excluding hydrogens is 288 g/mol. The average molecular weight is 307 g/mol. The van der Waals surface area contributed by atoms with Gasteiger partial charge in [-0.25, -0.2) is 8.78 Å². The molecule has 4 heteroatoms. The molecule has 2 N–H and O–H groups in total. The van der Waals surface area contributed by atoms with Crippen LogP contribution in [-0.2, 0) is 5.75 Å². The summed E-state index contributed by atoms with van der Waals surface area (Å²) in [6.07, 6.45) is 0. The molecule has 2 rings (SSSR count). The standard InChI is InChI=1S/C17H19F2NS/c1-11-5-12(2)7-13(6-11)9-21-10-17(20)14-3-4-15(18)16(19)8-14/h3-8,17H,9-10,20H2,1-2H3. The maximum Gasteiger partial charge on any atom is 0.159 e. The minimum absolute atomic E-state index is 0.295. The summed E-state index contributed by atoms with van der Waals surface area (Å²) in [5, 5.41) is 0. The first-order valence-electron chi connectivity index (χ1n) is 6.81. The van der Waals surface area contributed by atoms with Crippen LogP contribution in [0.1, 0.15) is 28.3 Å². The highest BCUT2D eigenvalue weighted by Crippen LogP contribution is 2.22. The predicted octanol–water partition coefficient (Wildman–Crippen LogP) is 4.51. The largest absolute Gasteiger partial charge is 0.323 e. The van der Waals surface area contributed by atoms with Crippen LogP contribution in [0.15, 0.2) is 36.4 Å². The lowest BCUT2D eigenvalue weighted by molar-refractivity contribution is 0.506. The van der Waals surface area contributed by atoms with Crippen LogP contribution in [-0.4, -0.2) is 5.75 Å². The summed E-state index contributed by atoms with van der Waals surface area (Å²) < 4.78 is 26.1. The molecule has 0 radical (unpaired) electrons. The van der Waals surface area contributed by atoms with Gasteiger partial charge in [-0.3, -0.25) is 0 Å². The molecule has 0 amide bonds. The van der Waals surface area contributed by atoms with E-state index in [-0.39, 0.29) is 6.04 Å². The van der Waals surface area contributed by atoms with E-state index in [9.17, 15) is 8.78 Å². The van der Waals surface area contributed by atoms with Gasteiger partial charge in [0, 0.05) is 17.5 Å². The molecule has 0 saturated carbocycles. The summed E-state index contributed by atoms with van der Waals surface area (Å²) in [5.41, 5.74) is 10.4. The molecule has 112 valence electrons. The van der Waals surface area contributed by atoms with Crippen LogP contribution < -0.4 is 5.73 Å². The molecule has 0 bridgehead atoms. The molecular formula is C17H19F2NS. The monoisotopic (exact) mass is 307 g/mol. The lowest BCUT2D eigenvalue weighted by atomic mass is 10.1. The van der Waals surface area contributed by atoms with Gasteiger partial charge in [-0.1, -0.05) is 35.4 Å². The molecule has 2 aromatic carbocycles. The fourth-order valence-corrected chi connectivity index (χ4v) is 3.26. The van der Waals surface area contributed by atoms with Crippen molar-refractivity contribution < 1.29 is 8.78 Å². The van der Waals surface area contributed by atoms with Crippen LogP contribution >= 0.6 is 11.8 Å². The predicted molar refractivity (Wildman–Crippen MR) is 85.4 cm³/mol. The van der Waals surface area contributed by atoms with Crippen LogP contribution in [0.2, 0.25) is 0 Å². The summed E-state index contributed by atoms with van der Waals surface area (Å²) in [6, 6.07) is 10.0. The van der Waals surface area contributed by atoms with Gasteiger partial charge in [-0.2, -0.15) is 11.8 Å². The van der Waals surface area contributed by atoms with Crippen LogP contribution in [0.5, 0.6) is 0 Å². The molecule has 0 heterocycles. The number of benzene rings is 2. The molecule has 1 nitrogen and oxygen atoms in total. The van der Waals surface area contributed by atoms with Crippen molar-refractivity contribution in [1.82, 2.24) is 0 Å². The summed E-state index contributed by atoms with van der Waals surface area (Å²) in [5.74, 6) is -0.158. The van der Waals surface area contributed by atoms with E-state index < -0.39 is 11.6 Å². The minimum atomic E-state index is -0.845. The van der Waals surface area contributed by atoms with Gasteiger partial charge < -0.3 is 5.73 Å². The van der Waals surface area contributed by atoms with Gasteiger partial charge in [-0.15, -0.1) is 0 Å². The Morgan fingerprint density at radius 2 is 1.67 bits per heavy atom. The number of rotatable bonds is 5. The van der Waals surface area contributed by atoms with E-state index in [1.165, 1.54) is 22.8 Å². The second-order valence-electron chi connectivity index (χ2n) is 5.29. The van der Waals surface area contributed by atoms with Gasteiger partial charge in [-0.05, 0) is 37.1 Å². The van der Waals surface area contributed by atoms with Crippen molar-refractivity contribution in [2.45, 2.75) is 25.6 Å². The molecule has 1 atom stereocenters. The Morgan fingerprint density at radius 1 is 1.00 bits per heavy atom. The fourth-order valence-electron chi connectivity index (χ4n) is 2.30. The zero-order valence-electron chi connectivity index (χ0n) is 12.2. The first-order chi connectivity index (χ1) is 9.95. The molecule has 0 aliphatic carbocycles. The molecule has 0 aliphatic heterocycles. The second-order valence-corrected chi connectivity index (χ2v) is 6.32. The van der Waals surface area contributed by atoms with Crippen molar-refractivity contribution in [3.63, 3.8) is 0 Å². The van der Waals surface area contributed by atoms with Crippen molar-refractivity contribution in [2.75, 3.05) is 5.75 Å². The van der Waals surface area contributed by atoms with Crippen molar-refractivity contribution in [3.05, 3.63) is 70.3 Å². The number of aryl methyl sites for hydroxylation is 2. The molecule has 0 aromatic heterocycles. The maximum atomic E-state index is 13.2. The molecule has 21 heavy (non-hydrogen) atoms.